The Labute approximate surface area is 106 Å². The fourth-order valence-corrected chi connectivity index (χ4v) is 1.52. The highest BCUT2D eigenvalue weighted by molar-refractivity contribution is 5.38. The number of para-hydroxylation sites is 1. The van der Waals surface area contributed by atoms with Crippen molar-refractivity contribution in [1.82, 2.24) is 9.97 Å². The molecule has 94 valence electrons. The highest BCUT2D eigenvalue weighted by atomic mass is 16.5. The average Bonchev–Trinajstić information content (AvgIpc) is 2.32. The minimum Gasteiger partial charge on any atom is -0.439 e. The van der Waals surface area contributed by atoms with Crippen LogP contribution in [-0.2, 0) is 11.3 Å². The summed E-state index contributed by atoms with van der Waals surface area (Å²) in [5, 5.41) is 0. The van der Waals surface area contributed by atoms with E-state index in [1.54, 1.807) is 13.2 Å². The maximum absolute atomic E-state index is 5.69. The molecule has 0 unspecified atom stereocenters. The molecule has 0 fully saturated rings. The lowest BCUT2D eigenvalue weighted by molar-refractivity contribution is 0.177. The number of methoxy groups -OCH3 is 1. The van der Waals surface area contributed by atoms with Crippen molar-refractivity contribution >= 4 is 5.82 Å². The SMILES string of the molecule is COCc1nc(N)cc(Oc2ccccc2C)n1. The molecule has 1 heterocycles. The Bertz CT molecular complexity index is 544. The fraction of sp³-hybridized carbons (Fsp3) is 0.231. The van der Waals surface area contributed by atoms with Gasteiger partial charge in [0.05, 0.1) is 0 Å². The van der Waals surface area contributed by atoms with Crippen LogP contribution in [0.15, 0.2) is 30.3 Å². The molecule has 0 aliphatic carbocycles. The van der Waals surface area contributed by atoms with Gasteiger partial charge in [0.25, 0.3) is 0 Å². The fourth-order valence-electron chi connectivity index (χ4n) is 1.52. The third kappa shape index (κ3) is 2.95. The summed E-state index contributed by atoms with van der Waals surface area (Å²) >= 11 is 0. The molecule has 1 aromatic carbocycles. The van der Waals surface area contributed by atoms with Crippen molar-refractivity contribution in [3.63, 3.8) is 0 Å². The Kier molecular flexibility index (Phi) is 3.74. The first-order valence-corrected chi connectivity index (χ1v) is 5.55. The van der Waals surface area contributed by atoms with Gasteiger partial charge in [-0.1, -0.05) is 18.2 Å². The molecule has 2 N–H and O–H groups in total. The van der Waals surface area contributed by atoms with Gasteiger partial charge in [-0.25, -0.2) is 4.98 Å². The van der Waals surface area contributed by atoms with E-state index >= 15 is 0 Å². The van der Waals surface area contributed by atoms with Crippen LogP contribution in [0, 0.1) is 6.92 Å². The number of aromatic nitrogens is 2. The number of aryl methyl sites for hydroxylation is 1. The van der Waals surface area contributed by atoms with Crippen molar-refractivity contribution in [3.8, 4) is 11.6 Å². The van der Waals surface area contributed by atoms with E-state index in [0.717, 1.165) is 11.3 Å². The van der Waals surface area contributed by atoms with Gasteiger partial charge in [0.1, 0.15) is 18.2 Å². The normalized spacial score (nSPS) is 10.3. The second-order valence-corrected chi connectivity index (χ2v) is 3.85. The van der Waals surface area contributed by atoms with Crippen molar-refractivity contribution in [2.45, 2.75) is 13.5 Å². The van der Waals surface area contributed by atoms with Crippen molar-refractivity contribution in [2.24, 2.45) is 0 Å². The summed E-state index contributed by atoms with van der Waals surface area (Å²) in [6.07, 6.45) is 0. The largest absolute Gasteiger partial charge is 0.439 e. The van der Waals surface area contributed by atoms with E-state index in [-0.39, 0.29) is 0 Å². The number of benzene rings is 1. The Hall–Kier alpha value is -2.14. The zero-order valence-corrected chi connectivity index (χ0v) is 10.4. The molecule has 2 rings (SSSR count). The van der Waals surface area contributed by atoms with Crippen LogP contribution in [0.25, 0.3) is 0 Å². The number of anilines is 1. The molecule has 1 aromatic heterocycles. The minimum atomic E-state index is 0.301. The van der Waals surface area contributed by atoms with Gasteiger partial charge in [0.15, 0.2) is 5.82 Å². The Morgan fingerprint density at radius 2 is 2.00 bits per heavy atom. The van der Waals surface area contributed by atoms with Crippen molar-refractivity contribution < 1.29 is 9.47 Å². The van der Waals surface area contributed by atoms with E-state index in [1.165, 1.54) is 0 Å². The lowest BCUT2D eigenvalue weighted by atomic mass is 10.2. The Morgan fingerprint density at radius 1 is 1.22 bits per heavy atom. The van der Waals surface area contributed by atoms with E-state index in [9.17, 15) is 0 Å². The smallest absolute Gasteiger partial charge is 0.224 e. The predicted molar refractivity (Wildman–Crippen MR) is 68.4 cm³/mol. The lowest BCUT2D eigenvalue weighted by Crippen LogP contribution is -2.02. The summed E-state index contributed by atoms with van der Waals surface area (Å²) < 4.78 is 10.7. The lowest BCUT2D eigenvalue weighted by Gasteiger charge is -2.09. The number of nitrogen functional groups attached to an aromatic ring is 1. The predicted octanol–water partition coefficient (Wildman–Crippen LogP) is 2.31. The molecule has 0 atom stereocenters. The molecule has 0 aliphatic heterocycles. The zero-order valence-electron chi connectivity index (χ0n) is 10.4. The summed E-state index contributed by atoms with van der Waals surface area (Å²) in [6.45, 7) is 2.27. The first-order chi connectivity index (χ1) is 8.69. The number of nitrogens with zero attached hydrogens (tertiary/aromatic N) is 2. The highest BCUT2D eigenvalue weighted by Crippen LogP contribution is 2.24. The Morgan fingerprint density at radius 3 is 2.72 bits per heavy atom. The molecule has 5 heteroatoms. The molecule has 18 heavy (non-hydrogen) atoms. The third-order valence-corrected chi connectivity index (χ3v) is 2.35. The zero-order chi connectivity index (χ0) is 13.0. The Balaban J connectivity index is 2.26. The van der Waals surface area contributed by atoms with Gasteiger partial charge in [-0.3, -0.25) is 0 Å². The molecule has 0 aliphatic rings. The molecule has 0 saturated carbocycles. The van der Waals surface area contributed by atoms with Crippen molar-refractivity contribution in [2.75, 3.05) is 12.8 Å². The molecule has 0 radical (unpaired) electrons. The average molecular weight is 245 g/mol. The van der Waals surface area contributed by atoms with Crippen LogP contribution in [0.2, 0.25) is 0 Å². The van der Waals surface area contributed by atoms with Crippen LogP contribution >= 0.6 is 0 Å². The molecule has 0 spiro atoms. The van der Waals surface area contributed by atoms with E-state index in [4.69, 9.17) is 15.2 Å². The third-order valence-electron chi connectivity index (χ3n) is 2.35. The van der Waals surface area contributed by atoms with Crippen LogP contribution in [0.5, 0.6) is 11.6 Å². The molecular formula is C13H15N3O2. The summed E-state index contributed by atoms with van der Waals surface area (Å²) in [5.74, 6) is 2.03. The van der Waals surface area contributed by atoms with Crippen LogP contribution in [-0.4, -0.2) is 17.1 Å². The highest BCUT2D eigenvalue weighted by Gasteiger charge is 2.06. The number of hydrogen-bond donors (Lipinski definition) is 1. The maximum Gasteiger partial charge on any atom is 0.224 e. The second kappa shape index (κ2) is 5.46. The van der Waals surface area contributed by atoms with Gasteiger partial charge in [-0.05, 0) is 18.6 Å². The van der Waals surface area contributed by atoms with Gasteiger partial charge in [0.2, 0.25) is 5.88 Å². The number of rotatable bonds is 4. The van der Waals surface area contributed by atoms with Gasteiger partial charge >= 0.3 is 0 Å². The molecule has 0 bridgehead atoms. The first-order valence-electron chi connectivity index (χ1n) is 5.55. The van der Waals surface area contributed by atoms with E-state index in [0.29, 0.717) is 24.1 Å². The molecule has 0 amide bonds. The van der Waals surface area contributed by atoms with Crippen LogP contribution in [0.3, 0.4) is 0 Å². The molecule has 0 saturated heterocycles. The van der Waals surface area contributed by atoms with Gasteiger partial charge in [0, 0.05) is 13.2 Å². The minimum absolute atomic E-state index is 0.301. The van der Waals surface area contributed by atoms with Crippen molar-refractivity contribution in [1.29, 1.82) is 0 Å². The second-order valence-electron chi connectivity index (χ2n) is 3.85. The van der Waals surface area contributed by atoms with Crippen LogP contribution in [0.4, 0.5) is 5.82 Å². The van der Waals surface area contributed by atoms with Crippen molar-refractivity contribution in [3.05, 3.63) is 41.7 Å². The van der Waals surface area contributed by atoms with Gasteiger partial charge in [-0.15, -0.1) is 0 Å². The molecule has 5 nitrogen and oxygen atoms in total. The maximum atomic E-state index is 5.69. The topological polar surface area (TPSA) is 70.3 Å². The molecule has 2 aromatic rings. The van der Waals surface area contributed by atoms with E-state index in [2.05, 4.69) is 9.97 Å². The van der Waals surface area contributed by atoms with Crippen LogP contribution < -0.4 is 10.5 Å². The van der Waals surface area contributed by atoms with Gasteiger partial charge < -0.3 is 15.2 Å². The number of hydrogen-bond acceptors (Lipinski definition) is 5. The quantitative estimate of drug-likeness (QED) is 0.895. The number of ether oxygens (including phenoxy) is 2. The van der Waals surface area contributed by atoms with E-state index in [1.807, 2.05) is 31.2 Å². The van der Waals surface area contributed by atoms with E-state index < -0.39 is 0 Å². The van der Waals surface area contributed by atoms with Crippen LogP contribution in [0.1, 0.15) is 11.4 Å². The number of nitrogens with two attached hydrogens (primary N) is 1. The van der Waals surface area contributed by atoms with Gasteiger partial charge in [-0.2, -0.15) is 4.98 Å². The standard InChI is InChI=1S/C13H15N3O2/c1-9-5-3-4-6-10(9)18-13-7-11(14)15-12(16-13)8-17-2/h3-7H,8H2,1-2H3,(H2,14,15,16). The summed E-state index contributed by atoms with van der Waals surface area (Å²) in [6, 6.07) is 9.29. The summed E-state index contributed by atoms with van der Waals surface area (Å²) in [4.78, 5) is 8.27. The monoisotopic (exact) mass is 245 g/mol. The summed E-state index contributed by atoms with van der Waals surface area (Å²) in [5.41, 5.74) is 6.73. The molecular weight excluding hydrogens is 230 g/mol. The summed E-state index contributed by atoms with van der Waals surface area (Å²) in [7, 11) is 1.58. The first kappa shape index (κ1) is 12.3.